The lowest BCUT2D eigenvalue weighted by Gasteiger charge is -2.06. The number of rotatable bonds is 2. The van der Waals surface area contributed by atoms with Gasteiger partial charge in [0, 0.05) is 6.54 Å². The minimum atomic E-state index is -2.72. The summed E-state index contributed by atoms with van der Waals surface area (Å²) in [4.78, 5) is 3.63. The molecule has 0 aliphatic heterocycles. The van der Waals surface area contributed by atoms with Crippen molar-refractivity contribution in [3.63, 3.8) is 0 Å². The van der Waals surface area contributed by atoms with E-state index < -0.39 is 12.1 Å². The van der Waals surface area contributed by atoms with Crippen molar-refractivity contribution in [2.75, 3.05) is 0 Å². The zero-order chi connectivity index (χ0) is 10.7. The number of nitrogens with two attached hydrogens (primary N) is 1. The van der Waals surface area contributed by atoms with E-state index in [1.807, 2.05) is 0 Å². The first-order valence-electron chi connectivity index (χ1n) is 3.67. The van der Waals surface area contributed by atoms with Crippen molar-refractivity contribution in [3.05, 3.63) is 27.5 Å². The molecule has 0 amide bonds. The average molecular weight is 262 g/mol. The van der Waals surface area contributed by atoms with Crippen LogP contribution in [0.2, 0.25) is 0 Å². The van der Waals surface area contributed by atoms with E-state index in [1.165, 1.54) is 6.07 Å². The molecule has 0 bridgehead atoms. The van der Waals surface area contributed by atoms with Crippen LogP contribution in [-0.2, 0) is 6.54 Å². The smallest absolute Gasteiger partial charge is 0.281 e. The summed E-state index contributed by atoms with van der Waals surface area (Å²) in [6, 6.07) is 3.17. The minimum Gasteiger partial charge on any atom is -0.325 e. The third kappa shape index (κ3) is 2.05. The Kier molecular flexibility index (Phi) is 3.49. The molecule has 1 aromatic rings. The van der Waals surface area contributed by atoms with Crippen molar-refractivity contribution in [1.82, 2.24) is 4.98 Å². The molecule has 0 aliphatic carbocycles. The topological polar surface area (TPSA) is 62.7 Å². The van der Waals surface area contributed by atoms with Gasteiger partial charge in [-0.3, -0.25) is 0 Å². The van der Waals surface area contributed by atoms with Gasteiger partial charge in [0.05, 0.1) is 15.7 Å². The first kappa shape index (κ1) is 11.0. The van der Waals surface area contributed by atoms with Gasteiger partial charge >= 0.3 is 0 Å². The van der Waals surface area contributed by atoms with Crippen molar-refractivity contribution in [1.29, 1.82) is 5.26 Å². The first-order valence-corrected chi connectivity index (χ1v) is 4.47. The fourth-order valence-corrected chi connectivity index (χ4v) is 1.40. The van der Waals surface area contributed by atoms with E-state index in [-0.39, 0.29) is 22.3 Å². The molecule has 0 saturated carbocycles. The Morgan fingerprint density at radius 3 is 2.71 bits per heavy atom. The molecule has 6 heteroatoms. The predicted octanol–water partition coefficient (Wildman–Crippen LogP) is 2.11. The Balaban J connectivity index is 3.36. The van der Waals surface area contributed by atoms with Crippen molar-refractivity contribution >= 4 is 15.9 Å². The fourth-order valence-electron chi connectivity index (χ4n) is 0.935. The molecule has 0 unspecified atom stereocenters. The molecule has 3 nitrogen and oxygen atoms in total. The van der Waals surface area contributed by atoms with E-state index in [9.17, 15) is 8.78 Å². The number of nitrogens with zero attached hydrogens (tertiary/aromatic N) is 2. The Bertz CT molecular complexity index is 387. The van der Waals surface area contributed by atoms with E-state index in [4.69, 9.17) is 11.0 Å². The number of halogens is 3. The highest BCUT2D eigenvalue weighted by Crippen LogP contribution is 2.28. The number of alkyl halides is 2. The Labute approximate surface area is 87.7 Å². The molecular formula is C8H6BrF2N3. The Hall–Kier alpha value is -1.06. The van der Waals surface area contributed by atoms with Crippen molar-refractivity contribution in [2.24, 2.45) is 5.73 Å². The van der Waals surface area contributed by atoms with Gasteiger partial charge in [-0.05, 0) is 22.0 Å². The molecule has 2 N–H and O–H groups in total. The highest BCUT2D eigenvalue weighted by atomic mass is 79.9. The molecule has 14 heavy (non-hydrogen) atoms. The van der Waals surface area contributed by atoms with Gasteiger partial charge in [-0.1, -0.05) is 0 Å². The van der Waals surface area contributed by atoms with Crippen molar-refractivity contribution < 1.29 is 8.78 Å². The lowest BCUT2D eigenvalue weighted by molar-refractivity contribution is 0.145. The van der Waals surface area contributed by atoms with Crippen LogP contribution in [0, 0.1) is 11.3 Å². The number of aromatic nitrogens is 1. The summed E-state index contributed by atoms with van der Waals surface area (Å²) in [6.07, 6.45) is -2.72. The summed E-state index contributed by atoms with van der Waals surface area (Å²) >= 11 is 2.90. The van der Waals surface area contributed by atoms with Gasteiger partial charge in [-0.15, -0.1) is 0 Å². The van der Waals surface area contributed by atoms with Gasteiger partial charge in [0.2, 0.25) is 0 Å². The minimum absolute atomic E-state index is 0.0294. The molecule has 1 heterocycles. The molecule has 0 saturated heterocycles. The van der Waals surface area contributed by atoms with Gasteiger partial charge in [0.15, 0.2) is 0 Å². The second-order valence-electron chi connectivity index (χ2n) is 2.48. The molecule has 0 aliphatic rings. The molecule has 1 rings (SSSR count). The van der Waals surface area contributed by atoms with Gasteiger partial charge in [0.1, 0.15) is 11.8 Å². The summed E-state index contributed by atoms with van der Waals surface area (Å²) in [6.45, 7) is 0.0294. The predicted molar refractivity (Wildman–Crippen MR) is 49.5 cm³/mol. The summed E-state index contributed by atoms with van der Waals surface area (Å²) in [5.41, 5.74) is 5.22. The third-order valence-corrected chi connectivity index (χ3v) is 2.41. The van der Waals surface area contributed by atoms with E-state index in [2.05, 4.69) is 20.9 Å². The molecule has 0 aromatic carbocycles. The van der Waals surface area contributed by atoms with Crippen molar-refractivity contribution in [3.8, 4) is 6.07 Å². The summed E-state index contributed by atoms with van der Waals surface area (Å²) < 4.78 is 24.9. The standard InChI is InChI=1S/C8H6BrF2N3/c9-6-4(2-12)1-5(3-13)14-7(6)8(10)11/h1,8H,3,13H2. The van der Waals surface area contributed by atoms with Crippen molar-refractivity contribution in [2.45, 2.75) is 13.0 Å². The molecular weight excluding hydrogens is 256 g/mol. The van der Waals surface area contributed by atoms with E-state index in [1.54, 1.807) is 6.07 Å². The van der Waals surface area contributed by atoms with E-state index in [0.717, 1.165) is 0 Å². The van der Waals surface area contributed by atoms with Crippen LogP contribution >= 0.6 is 15.9 Å². The highest BCUT2D eigenvalue weighted by Gasteiger charge is 2.17. The molecule has 0 fully saturated rings. The lowest BCUT2D eigenvalue weighted by atomic mass is 10.2. The fraction of sp³-hybridized carbons (Fsp3) is 0.250. The second kappa shape index (κ2) is 4.44. The quantitative estimate of drug-likeness (QED) is 0.887. The zero-order valence-electron chi connectivity index (χ0n) is 6.97. The third-order valence-electron chi connectivity index (χ3n) is 1.57. The number of hydrogen-bond acceptors (Lipinski definition) is 3. The van der Waals surface area contributed by atoms with Crippen LogP contribution in [0.15, 0.2) is 10.5 Å². The maximum absolute atomic E-state index is 12.4. The SMILES string of the molecule is N#Cc1cc(CN)nc(C(F)F)c1Br. The van der Waals surface area contributed by atoms with Crippen LogP contribution < -0.4 is 5.73 Å². The van der Waals surface area contributed by atoms with Crippen LogP contribution in [0.1, 0.15) is 23.4 Å². The van der Waals surface area contributed by atoms with Crippen LogP contribution in [0.25, 0.3) is 0 Å². The highest BCUT2D eigenvalue weighted by molar-refractivity contribution is 9.10. The molecule has 0 spiro atoms. The Morgan fingerprint density at radius 2 is 2.29 bits per heavy atom. The number of nitriles is 1. The summed E-state index contributed by atoms with van der Waals surface area (Å²) in [5, 5.41) is 8.65. The van der Waals surface area contributed by atoms with Gasteiger partial charge < -0.3 is 5.73 Å². The van der Waals surface area contributed by atoms with Gasteiger partial charge in [-0.2, -0.15) is 5.26 Å². The summed E-state index contributed by atoms with van der Waals surface area (Å²) in [5.74, 6) is 0. The number of hydrogen-bond donors (Lipinski definition) is 1. The van der Waals surface area contributed by atoms with Crippen LogP contribution in [0.3, 0.4) is 0 Å². The molecule has 0 radical (unpaired) electrons. The maximum Gasteiger partial charge on any atom is 0.281 e. The molecule has 74 valence electrons. The van der Waals surface area contributed by atoms with E-state index >= 15 is 0 Å². The molecule has 0 atom stereocenters. The van der Waals surface area contributed by atoms with Gasteiger partial charge in [-0.25, -0.2) is 13.8 Å². The molecule has 1 aromatic heterocycles. The lowest BCUT2D eigenvalue weighted by Crippen LogP contribution is -2.04. The average Bonchev–Trinajstić information content (AvgIpc) is 2.17. The van der Waals surface area contributed by atoms with Crippen LogP contribution in [0.4, 0.5) is 8.78 Å². The first-order chi connectivity index (χ1) is 6.60. The normalized spacial score (nSPS) is 10.3. The number of pyridine rings is 1. The summed E-state index contributed by atoms with van der Waals surface area (Å²) in [7, 11) is 0. The second-order valence-corrected chi connectivity index (χ2v) is 3.27. The largest absolute Gasteiger partial charge is 0.325 e. The van der Waals surface area contributed by atoms with E-state index in [0.29, 0.717) is 0 Å². The Morgan fingerprint density at radius 1 is 1.64 bits per heavy atom. The zero-order valence-corrected chi connectivity index (χ0v) is 8.55. The van der Waals surface area contributed by atoms with Gasteiger partial charge in [0.25, 0.3) is 6.43 Å². The van der Waals surface area contributed by atoms with Crippen LogP contribution in [0.5, 0.6) is 0 Å². The van der Waals surface area contributed by atoms with Crippen LogP contribution in [-0.4, -0.2) is 4.98 Å². The monoisotopic (exact) mass is 261 g/mol. The maximum atomic E-state index is 12.4.